The Kier molecular flexibility index (Phi) is 4.95. The standard InChI is InChI=1S/C15H23NO3/c1-10-6-7-12(13(17)8-10)11(2)16-9-14(18)19-15(3,4)5/h6-8,11,16-17H,9H2,1-5H3. The monoisotopic (exact) mass is 265 g/mol. The number of aryl methyl sites for hydroxylation is 1. The summed E-state index contributed by atoms with van der Waals surface area (Å²) in [5.41, 5.74) is 1.29. The van der Waals surface area contributed by atoms with Gasteiger partial charge in [0.2, 0.25) is 0 Å². The summed E-state index contributed by atoms with van der Waals surface area (Å²) in [6, 6.07) is 5.38. The van der Waals surface area contributed by atoms with Gasteiger partial charge in [-0.15, -0.1) is 0 Å². The SMILES string of the molecule is Cc1ccc(C(C)NCC(=O)OC(C)(C)C)c(O)c1. The fourth-order valence-electron chi connectivity index (χ4n) is 1.74. The van der Waals surface area contributed by atoms with E-state index in [1.807, 2.05) is 46.8 Å². The average molecular weight is 265 g/mol. The van der Waals surface area contributed by atoms with Crippen molar-refractivity contribution in [3.63, 3.8) is 0 Å². The summed E-state index contributed by atoms with van der Waals surface area (Å²) in [6.07, 6.45) is 0. The quantitative estimate of drug-likeness (QED) is 0.822. The second-order valence-corrected chi connectivity index (χ2v) is 5.75. The zero-order valence-corrected chi connectivity index (χ0v) is 12.3. The number of esters is 1. The Hall–Kier alpha value is -1.55. The summed E-state index contributed by atoms with van der Waals surface area (Å²) >= 11 is 0. The van der Waals surface area contributed by atoms with Crippen LogP contribution in [0.1, 0.15) is 44.9 Å². The summed E-state index contributed by atoms with van der Waals surface area (Å²) in [5.74, 6) is -0.0601. The maximum absolute atomic E-state index is 11.6. The van der Waals surface area contributed by atoms with Crippen molar-refractivity contribution in [2.75, 3.05) is 6.54 Å². The van der Waals surface area contributed by atoms with Crippen molar-refractivity contribution in [2.24, 2.45) is 0 Å². The van der Waals surface area contributed by atoms with Crippen LogP contribution in [0.25, 0.3) is 0 Å². The van der Waals surface area contributed by atoms with E-state index < -0.39 is 5.60 Å². The van der Waals surface area contributed by atoms with Gasteiger partial charge in [0.25, 0.3) is 0 Å². The van der Waals surface area contributed by atoms with E-state index in [0.29, 0.717) is 0 Å². The van der Waals surface area contributed by atoms with E-state index in [0.717, 1.165) is 11.1 Å². The van der Waals surface area contributed by atoms with Gasteiger partial charge in [0.1, 0.15) is 11.4 Å². The second kappa shape index (κ2) is 6.06. The minimum absolute atomic E-state index is 0.117. The number of hydrogen-bond donors (Lipinski definition) is 2. The highest BCUT2D eigenvalue weighted by molar-refractivity contribution is 5.72. The van der Waals surface area contributed by atoms with Gasteiger partial charge in [-0.2, -0.15) is 0 Å². The van der Waals surface area contributed by atoms with Gasteiger partial charge in [0.05, 0.1) is 6.54 Å². The van der Waals surface area contributed by atoms with Crippen LogP contribution in [-0.2, 0) is 9.53 Å². The predicted molar refractivity (Wildman–Crippen MR) is 75.1 cm³/mol. The van der Waals surface area contributed by atoms with Crippen LogP contribution in [0, 0.1) is 6.92 Å². The summed E-state index contributed by atoms with van der Waals surface area (Å²) in [4.78, 5) is 11.6. The largest absolute Gasteiger partial charge is 0.508 e. The molecule has 106 valence electrons. The number of nitrogens with one attached hydrogen (secondary N) is 1. The zero-order chi connectivity index (χ0) is 14.6. The highest BCUT2D eigenvalue weighted by Gasteiger charge is 2.17. The van der Waals surface area contributed by atoms with Crippen molar-refractivity contribution in [2.45, 2.75) is 46.3 Å². The molecule has 0 aromatic heterocycles. The topological polar surface area (TPSA) is 58.6 Å². The second-order valence-electron chi connectivity index (χ2n) is 5.75. The maximum atomic E-state index is 11.6. The third-order valence-electron chi connectivity index (χ3n) is 2.63. The Balaban J connectivity index is 2.56. The number of carbonyl (C=O) groups excluding carboxylic acids is 1. The van der Waals surface area contributed by atoms with Crippen LogP contribution in [0.15, 0.2) is 18.2 Å². The van der Waals surface area contributed by atoms with Crippen molar-refractivity contribution in [1.29, 1.82) is 0 Å². The number of aromatic hydroxyl groups is 1. The van der Waals surface area contributed by atoms with Gasteiger partial charge in [0.15, 0.2) is 0 Å². The molecule has 0 fully saturated rings. The van der Waals surface area contributed by atoms with Crippen LogP contribution >= 0.6 is 0 Å². The number of carbonyl (C=O) groups is 1. The molecule has 0 saturated heterocycles. The molecule has 0 radical (unpaired) electrons. The van der Waals surface area contributed by atoms with Crippen LogP contribution in [0.5, 0.6) is 5.75 Å². The lowest BCUT2D eigenvalue weighted by molar-refractivity contribution is -0.153. The van der Waals surface area contributed by atoms with Gasteiger partial charge < -0.3 is 15.2 Å². The van der Waals surface area contributed by atoms with Crippen molar-refractivity contribution < 1.29 is 14.6 Å². The van der Waals surface area contributed by atoms with E-state index in [4.69, 9.17) is 4.74 Å². The fraction of sp³-hybridized carbons (Fsp3) is 0.533. The van der Waals surface area contributed by atoms with E-state index in [1.165, 1.54) is 0 Å². The van der Waals surface area contributed by atoms with Crippen molar-refractivity contribution >= 4 is 5.97 Å². The van der Waals surface area contributed by atoms with Crippen molar-refractivity contribution in [3.8, 4) is 5.75 Å². The summed E-state index contributed by atoms with van der Waals surface area (Å²) in [5, 5.41) is 12.9. The summed E-state index contributed by atoms with van der Waals surface area (Å²) < 4.78 is 5.21. The highest BCUT2D eigenvalue weighted by Crippen LogP contribution is 2.24. The Morgan fingerprint density at radius 2 is 2.05 bits per heavy atom. The first-order chi connectivity index (χ1) is 8.69. The molecular weight excluding hydrogens is 242 g/mol. The lowest BCUT2D eigenvalue weighted by Crippen LogP contribution is -2.32. The number of phenols is 1. The smallest absolute Gasteiger partial charge is 0.320 e. The number of rotatable bonds is 4. The molecule has 0 amide bonds. The van der Waals surface area contributed by atoms with Gasteiger partial charge in [-0.1, -0.05) is 12.1 Å². The molecule has 1 unspecified atom stereocenters. The van der Waals surface area contributed by atoms with Gasteiger partial charge >= 0.3 is 5.97 Å². The molecule has 0 spiro atoms. The molecule has 1 rings (SSSR count). The van der Waals surface area contributed by atoms with E-state index >= 15 is 0 Å². The molecule has 0 heterocycles. The lowest BCUT2D eigenvalue weighted by atomic mass is 10.1. The molecule has 2 N–H and O–H groups in total. The summed E-state index contributed by atoms with van der Waals surface area (Å²) in [6.45, 7) is 9.43. The number of hydrogen-bond acceptors (Lipinski definition) is 4. The normalized spacial score (nSPS) is 13.1. The Bertz CT molecular complexity index is 449. The molecule has 0 saturated carbocycles. The molecule has 19 heavy (non-hydrogen) atoms. The minimum atomic E-state index is -0.478. The molecule has 0 aliphatic rings. The van der Waals surface area contributed by atoms with Crippen LogP contribution in [0.4, 0.5) is 0 Å². The molecular formula is C15H23NO3. The molecule has 1 aromatic carbocycles. The minimum Gasteiger partial charge on any atom is -0.508 e. The van der Waals surface area contributed by atoms with Gasteiger partial charge in [-0.3, -0.25) is 4.79 Å². The summed E-state index contributed by atoms with van der Waals surface area (Å²) in [7, 11) is 0. The molecule has 0 aliphatic heterocycles. The Morgan fingerprint density at radius 3 is 2.58 bits per heavy atom. The van der Waals surface area contributed by atoms with Gasteiger partial charge in [-0.05, 0) is 46.2 Å². The third-order valence-corrected chi connectivity index (χ3v) is 2.63. The lowest BCUT2D eigenvalue weighted by Gasteiger charge is -2.21. The molecule has 4 heteroatoms. The fourth-order valence-corrected chi connectivity index (χ4v) is 1.74. The Labute approximate surface area is 114 Å². The molecule has 0 aliphatic carbocycles. The Morgan fingerprint density at radius 1 is 1.42 bits per heavy atom. The number of phenolic OH excluding ortho intramolecular Hbond substituents is 1. The van der Waals surface area contributed by atoms with E-state index in [1.54, 1.807) is 6.07 Å². The van der Waals surface area contributed by atoms with Crippen LogP contribution < -0.4 is 5.32 Å². The number of ether oxygens (including phenoxy) is 1. The van der Waals surface area contributed by atoms with E-state index in [-0.39, 0.29) is 24.3 Å². The predicted octanol–water partition coefficient (Wildman–Crippen LogP) is 2.69. The molecule has 1 aromatic rings. The average Bonchev–Trinajstić information content (AvgIpc) is 2.23. The van der Waals surface area contributed by atoms with Crippen LogP contribution in [0.3, 0.4) is 0 Å². The maximum Gasteiger partial charge on any atom is 0.320 e. The third kappa shape index (κ3) is 5.30. The van der Waals surface area contributed by atoms with Crippen LogP contribution in [0.2, 0.25) is 0 Å². The highest BCUT2D eigenvalue weighted by atomic mass is 16.6. The van der Waals surface area contributed by atoms with E-state index in [9.17, 15) is 9.90 Å². The number of benzene rings is 1. The van der Waals surface area contributed by atoms with Crippen molar-refractivity contribution in [1.82, 2.24) is 5.32 Å². The molecule has 4 nitrogen and oxygen atoms in total. The van der Waals surface area contributed by atoms with Gasteiger partial charge in [0, 0.05) is 11.6 Å². The van der Waals surface area contributed by atoms with E-state index in [2.05, 4.69) is 5.32 Å². The first-order valence-corrected chi connectivity index (χ1v) is 6.44. The first-order valence-electron chi connectivity index (χ1n) is 6.44. The first kappa shape index (κ1) is 15.5. The van der Waals surface area contributed by atoms with Gasteiger partial charge in [-0.25, -0.2) is 0 Å². The molecule has 0 bridgehead atoms. The molecule has 1 atom stereocenters. The van der Waals surface area contributed by atoms with Crippen LogP contribution in [-0.4, -0.2) is 23.2 Å². The zero-order valence-electron chi connectivity index (χ0n) is 12.3. The van der Waals surface area contributed by atoms with Crippen molar-refractivity contribution in [3.05, 3.63) is 29.3 Å².